The van der Waals surface area contributed by atoms with E-state index in [1.807, 2.05) is 6.20 Å². The fourth-order valence-electron chi connectivity index (χ4n) is 4.53. The van der Waals surface area contributed by atoms with E-state index in [9.17, 15) is 0 Å². The van der Waals surface area contributed by atoms with Crippen molar-refractivity contribution in [1.29, 1.82) is 0 Å². The molecule has 2 aliphatic rings. The van der Waals surface area contributed by atoms with Crippen molar-refractivity contribution >= 4 is 5.69 Å². The van der Waals surface area contributed by atoms with E-state index >= 15 is 0 Å². The highest BCUT2D eigenvalue weighted by atomic mass is 15.2. The van der Waals surface area contributed by atoms with E-state index in [4.69, 9.17) is 10.7 Å². The summed E-state index contributed by atoms with van der Waals surface area (Å²) >= 11 is 0. The molecule has 4 nitrogen and oxygen atoms in total. The first-order valence-electron chi connectivity index (χ1n) is 10.1. The number of nitrogens with two attached hydrogens (primary N) is 1. The Balaban J connectivity index is 1.51. The summed E-state index contributed by atoms with van der Waals surface area (Å²) in [6.45, 7) is 2.87. The smallest absolute Gasteiger partial charge is 0.0607 e. The topological polar surface area (TPSA) is 54.2 Å². The molecule has 2 atom stereocenters. The van der Waals surface area contributed by atoms with Crippen LogP contribution in [0.1, 0.15) is 48.5 Å². The molecule has 0 radical (unpaired) electrons. The fourth-order valence-corrected chi connectivity index (χ4v) is 4.53. The second-order valence-corrected chi connectivity index (χ2v) is 7.63. The van der Waals surface area contributed by atoms with Gasteiger partial charge in [0, 0.05) is 31.0 Å². The van der Waals surface area contributed by atoms with E-state index in [0.717, 1.165) is 32.5 Å². The molecule has 0 bridgehead atoms. The molecule has 2 unspecified atom stereocenters. The van der Waals surface area contributed by atoms with Crippen LogP contribution < -0.4 is 11.1 Å². The Morgan fingerprint density at radius 1 is 1.08 bits per heavy atom. The zero-order valence-corrected chi connectivity index (χ0v) is 15.5. The van der Waals surface area contributed by atoms with Crippen molar-refractivity contribution in [3.8, 4) is 0 Å². The van der Waals surface area contributed by atoms with E-state index in [-0.39, 0.29) is 0 Å². The van der Waals surface area contributed by atoms with E-state index in [2.05, 4.69) is 46.6 Å². The SMILES string of the molecule is NCCCN(CC1CCc2ccccc2N1)C1CCCc2cccnc21. The summed E-state index contributed by atoms with van der Waals surface area (Å²) in [5, 5.41) is 3.77. The van der Waals surface area contributed by atoms with Crippen LogP contribution >= 0.6 is 0 Å². The van der Waals surface area contributed by atoms with Crippen molar-refractivity contribution in [3.63, 3.8) is 0 Å². The van der Waals surface area contributed by atoms with Crippen molar-refractivity contribution in [2.24, 2.45) is 5.73 Å². The molecule has 4 rings (SSSR count). The Labute approximate surface area is 156 Å². The van der Waals surface area contributed by atoms with Gasteiger partial charge in [0.05, 0.1) is 11.7 Å². The number of fused-ring (bicyclic) bond motifs is 2. The van der Waals surface area contributed by atoms with Gasteiger partial charge in [-0.3, -0.25) is 9.88 Å². The summed E-state index contributed by atoms with van der Waals surface area (Å²) in [6.07, 6.45) is 8.98. The number of nitrogens with zero attached hydrogens (tertiary/aromatic N) is 2. The molecule has 0 fully saturated rings. The molecule has 1 aliphatic carbocycles. The summed E-state index contributed by atoms with van der Waals surface area (Å²) in [5.74, 6) is 0. The molecule has 4 heteroatoms. The quantitative estimate of drug-likeness (QED) is 0.837. The third kappa shape index (κ3) is 3.76. The summed E-state index contributed by atoms with van der Waals surface area (Å²) < 4.78 is 0. The predicted molar refractivity (Wildman–Crippen MR) is 107 cm³/mol. The summed E-state index contributed by atoms with van der Waals surface area (Å²) in [7, 11) is 0. The van der Waals surface area contributed by atoms with E-state index in [0.29, 0.717) is 12.1 Å². The third-order valence-corrected chi connectivity index (χ3v) is 5.85. The highest BCUT2D eigenvalue weighted by Crippen LogP contribution is 2.34. The lowest BCUT2D eigenvalue weighted by molar-refractivity contribution is 0.164. The molecular formula is C22H30N4. The average molecular weight is 351 g/mol. The highest BCUT2D eigenvalue weighted by molar-refractivity contribution is 5.53. The highest BCUT2D eigenvalue weighted by Gasteiger charge is 2.29. The number of para-hydroxylation sites is 1. The van der Waals surface area contributed by atoms with Crippen molar-refractivity contribution in [3.05, 3.63) is 59.4 Å². The number of hydrogen-bond donors (Lipinski definition) is 2. The Hall–Kier alpha value is -1.91. The normalized spacial score (nSPS) is 21.8. The monoisotopic (exact) mass is 350 g/mol. The maximum absolute atomic E-state index is 5.84. The molecule has 138 valence electrons. The molecule has 0 spiro atoms. The summed E-state index contributed by atoms with van der Waals surface area (Å²) in [5.41, 5.74) is 11.3. The molecule has 0 saturated heterocycles. The third-order valence-electron chi connectivity index (χ3n) is 5.85. The van der Waals surface area contributed by atoms with Crippen LogP contribution in [0.25, 0.3) is 0 Å². The number of anilines is 1. The Morgan fingerprint density at radius 3 is 2.88 bits per heavy atom. The Bertz CT molecular complexity index is 730. The number of aromatic nitrogens is 1. The maximum Gasteiger partial charge on any atom is 0.0607 e. The largest absolute Gasteiger partial charge is 0.381 e. The van der Waals surface area contributed by atoms with Crippen LogP contribution in [0.5, 0.6) is 0 Å². The average Bonchev–Trinajstić information content (AvgIpc) is 2.70. The first-order valence-corrected chi connectivity index (χ1v) is 10.1. The van der Waals surface area contributed by atoms with Crippen LogP contribution in [0.15, 0.2) is 42.6 Å². The number of pyridine rings is 1. The van der Waals surface area contributed by atoms with Gasteiger partial charge < -0.3 is 11.1 Å². The second kappa shape index (κ2) is 8.19. The van der Waals surface area contributed by atoms with Gasteiger partial charge in [-0.2, -0.15) is 0 Å². The Morgan fingerprint density at radius 2 is 1.96 bits per heavy atom. The van der Waals surface area contributed by atoms with E-state index in [1.54, 1.807) is 0 Å². The number of hydrogen-bond acceptors (Lipinski definition) is 4. The van der Waals surface area contributed by atoms with Crippen molar-refractivity contribution < 1.29 is 0 Å². The van der Waals surface area contributed by atoms with Crippen LogP contribution in [0.2, 0.25) is 0 Å². The van der Waals surface area contributed by atoms with Crippen LogP contribution in [0.4, 0.5) is 5.69 Å². The zero-order chi connectivity index (χ0) is 17.8. The Kier molecular flexibility index (Phi) is 5.51. The van der Waals surface area contributed by atoms with Crippen LogP contribution in [-0.4, -0.2) is 35.6 Å². The van der Waals surface area contributed by atoms with Gasteiger partial charge in [-0.25, -0.2) is 0 Å². The molecule has 0 saturated carbocycles. The molecule has 1 aromatic heterocycles. The predicted octanol–water partition coefficient (Wildman–Crippen LogP) is 3.54. The zero-order valence-electron chi connectivity index (χ0n) is 15.5. The maximum atomic E-state index is 5.84. The minimum absolute atomic E-state index is 0.436. The number of aryl methyl sites for hydroxylation is 2. The van der Waals surface area contributed by atoms with Gasteiger partial charge in [0.2, 0.25) is 0 Å². The van der Waals surface area contributed by atoms with Gasteiger partial charge in [-0.05, 0) is 68.3 Å². The minimum atomic E-state index is 0.436. The van der Waals surface area contributed by atoms with Crippen LogP contribution in [0.3, 0.4) is 0 Å². The first kappa shape index (κ1) is 17.5. The molecule has 26 heavy (non-hydrogen) atoms. The summed E-state index contributed by atoms with van der Waals surface area (Å²) in [6, 6.07) is 14.0. The number of benzene rings is 1. The molecule has 2 heterocycles. The standard InChI is InChI=1S/C22H30N4/c23-13-5-15-26(21-10-3-7-18-8-4-14-24-22(18)21)16-19-12-11-17-6-1-2-9-20(17)25-19/h1-2,4,6,8-9,14,19,21,25H,3,5,7,10-13,15-16,23H2. The second-order valence-electron chi connectivity index (χ2n) is 7.63. The lowest BCUT2D eigenvalue weighted by Gasteiger charge is -2.38. The fraction of sp³-hybridized carbons (Fsp3) is 0.500. The van der Waals surface area contributed by atoms with Crippen LogP contribution in [0, 0.1) is 0 Å². The minimum Gasteiger partial charge on any atom is -0.381 e. The van der Waals surface area contributed by atoms with E-state index < -0.39 is 0 Å². The van der Waals surface area contributed by atoms with Gasteiger partial charge in [0.15, 0.2) is 0 Å². The van der Waals surface area contributed by atoms with Crippen molar-refractivity contribution in [1.82, 2.24) is 9.88 Å². The lowest BCUT2D eigenvalue weighted by atomic mass is 9.90. The number of rotatable bonds is 6. The molecule has 3 N–H and O–H groups in total. The first-order chi connectivity index (χ1) is 12.8. The molecule has 1 aromatic carbocycles. The van der Waals surface area contributed by atoms with Gasteiger partial charge >= 0.3 is 0 Å². The van der Waals surface area contributed by atoms with Gasteiger partial charge in [-0.15, -0.1) is 0 Å². The summed E-state index contributed by atoms with van der Waals surface area (Å²) in [4.78, 5) is 7.41. The van der Waals surface area contributed by atoms with Gasteiger partial charge in [-0.1, -0.05) is 24.3 Å². The van der Waals surface area contributed by atoms with Crippen molar-refractivity contribution in [2.75, 3.05) is 25.0 Å². The molecule has 1 aliphatic heterocycles. The van der Waals surface area contributed by atoms with E-state index in [1.165, 1.54) is 48.2 Å². The van der Waals surface area contributed by atoms with Crippen LogP contribution in [-0.2, 0) is 12.8 Å². The van der Waals surface area contributed by atoms with Gasteiger partial charge in [0.25, 0.3) is 0 Å². The molecule has 0 amide bonds. The molecule has 2 aromatic rings. The number of nitrogens with one attached hydrogen (secondary N) is 1. The van der Waals surface area contributed by atoms with Gasteiger partial charge in [0.1, 0.15) is 0 Å². The molecular weight excluding hydrogens is 320 g/mol. The lowest BCUT2D eigenvalue weighted by Crippen LogP contribution is -2.42. The van der Waals surface area contributed by atoms with Crippen molar-refractivity contribution in [2.45, 2.75) is 50.6 Å².